The number of amides is 1. The van der Waals surface area contributed by atoms with Crippen LogP contribution in [0.15, 0.2) is 48.5 Å². The van der Waals surface area contributed by atoms with Crippen molar-refractivity contribution < 1.29 is 9.18 Å². The van der Waals surface area contributed by atoms with Gasteiger partial charge in [0.2, 0.25) is 5.91 Å². The van der Waals surface area contributed by atoms with Gasteiger partial charge in [0.15, 0.2) is 0 Å². The third-order valence-electron chi connectivity index (χ3n) is 2.78. The van der Waals surface area contributed by atoms with Crippen molar-refractivity contribution >= 4 is 29.3 Å². The minimum Gasteiger partial charge on any atom is -0.322 e. The van der Waals surface area contributed by atoms with Crippen LogP contribution < -0.4 is 5.32 Å². The fraction of sp³-hybridized carbons (Fsp3) is 0.0625. The van der Waals surface area contributed by atoms with Crippen LogP contribution in [0, 0.1) is 12.7 Å². The molecule has 1 amide bonds. The number of hydrogen-bond acceptors (Lipinski definition) is 1. The van der Waals surface area contributed by atoms with Crippen LogP contribution in [0.1, 0.15) is 11.1 Å². The molecule has 2 rings (SSSR count). The van der Waals surface area contributed by atoms with Crippen molar-refractivity contribution in [3.8, 4) is 0 Å². The van der Waals surface area contributed by atoms with Crippen LogP contribution in [0.2, 0.25) is 5.02 Å². The lowest BCUT2D eigenvalue weighted by molar-refractivity contribution is -0.111. The number of halogens is 2. The van der Waals surface area contributed by atoms with Gasteiger partial charge in [-0.05, 0) is 36.8 Å². The molecule has 0 saturated heterocycles. The molecule has 0 aliphatic carbocycles. The zero-order chi connectivity index (χ0) is 14.5. The Morgan fingerprint density at radius 2 is 2.00 bits per heavy atom. The second kappa shape index (κ2) is 6.35. The molecule has 0 saturated carbocycles. The van der Waals surface area contributed by atoms with E-state index in [1.165, 1.54) is 18.2 Å². The minimum absolute atomic E-state index is 0.335. The second-order valence-corrected chi connectivity index (χ2v) is 4.74. The molecule has 0 heterocycles. The van der Waals surface area contributed by atoms with Crippen LogP contribution in [0.25, 0.3) is 6.08 Å². The average molecular weight is 290 g/mol. The summed E-state index contributed by atoms with van der Waals surface area (Å²) in [5.74, 6) is -0.700. The quantitative estimate of drug-likeness (QED) is 0.832. The maximum absolute atomic E-state index is 13.4. The van der Waals surface area contributed by atoms with Gasteiger partial charge in [-0.1, -0.05) is 35.9 Å². The number of rotatable bonds is 3. The van der Waals surface area contributed by atoms with Gasteiger partial charge >= 0.3 is 0 Å². The Labute approximate surface area is 121 Å². The van der Waals surface area contributed by atoms with Gasteiger partial charge in [0.1, 0.15) is 5.82 Å². The first-order chi connectivity index (χ1) is 9.56. The minimum atomic E-state index is -0.365. The topological polar surface area (TPSA) is 29.1 Å². The SMILES string of the molecule is Cc1ccc(Cl)cc1NC(=O)/C=C/c1ccccc1F. The van der Waals surface area contributed by atoms with E-state index in [-0.39, 0.29) is 11.7 Å². The van der Waals surface area contributed by atoms with E-state index >= 15 is 0 Å². The number of aryl methyl sites for hydroxylation is 1. The van der Waals surface area contributed by atoms with E-state index in [4.69, 9.17) is 11.6 Å². The van der Waals surface area contributed by atoms with Crippen molar-refractivity contribution in [2.45, 2.75) is 6.92 Å². The Morgan fingerprint density at radius 3 is 2.75 bits per heavy atom. The highest BCUT2D eigenvalue weighted by molar-refractivity contribution is 6.31. The molecule has 0 bridgehead atoms. The molecule has 0 aromatic heterocycles. The molecule has 102 valence electrons. The van der Waals surface area contributed by atoms with E-state index in [0.717, 1.165) is 5.56 Å². The van der Waals surface area contributed by atoms with E-state index in [2.05, 4.69) is 5.32 Å². The maximum atomic E-state index is 13.4. The lowest BCUT2D eigenvalue weighted by Gasteiger charge is -2.06. The number of carbonyl (C=O) groups excluding carboxylic acids is 1. The van der Waals surface area contributed by atoms with Crippen LogP contribution in [-0.2, 0) is 4.79 Å². The first-order valence-corrected chi connectivity index (χ1v) is 6.44. The van der Waals surface area contributed by atoms with Crippen LogP contribution >= 0.6 is 11.6 Å². The van der Waals surface area contributed by atoms with Crippen molar-refractivity contribution in [3.63, 3.8) is 0 Å². The smallest absolute Gasteiger partial charge is 0.248 e. The molecule has 0 aliphatic heterocycles. The van der Waals surface area contributed by atoms with Crippen LogP contribution in [-0.4, -0.2) is 5.91 Å². The molecule has 0 unspecified atom stereocenters. The third kappa shape index (κ3) is 3.68. The lowest BCUT2D eigenvalue weighted by Crippen LogP contribution is -2.08. The summed E-state index contributed by atoms with van der Waals surface area (Å²) < 4.78 is 13.4. The average Bonchev–Trinajstić information content (AvgIpc) is 2.42. The molecular weight excluding hydrogens is 277 g/mol. The Balaban J connectivity index is 2.10. The predicted molar refractivity (Wildman–Crippen MR) is 80.3 cm³/mol. The monoisotopic (exact) mass is 289 g/mol. The number of carbonyl (C=O) groups is 1. The summed E-state index contributed by atoms with van der Waals surface area (Å²) >= 11 is 5.88. The van der Waals surface area contributed by atoms with Gasteiger partial charge in [-0.2, -0.15) is 0 Å². The van der Waals surface area contributed by atoms with E-state index in [9.17, 15) is 9.18 Å². The van der Waals surface area contributed by atoms with Crippen molar-refractivity contribution in [3.05, 3.63) is 70.5 Å². The zero-order valence-electron chi connectivity index (χ0n) is 10.9. The zero-order valence-corrected chi connectivity index (χ0v) is 11.6. The molecule has 4 heteroatoms. The summed E-state index contributed by atoms with van der Waals surface area (Å²) in [7, 11) is 0. The van der Waals surface area contributed by atoms with Gasteiger partial charge in [0, 0.05) is 22.3 Å². The summed E-state index contributed by atoms with van der Waals surface area (Å²) in [4.78, 5) is 11.8. The summed E-state index contributed by atoms with van der Waals surface area (Å²) in [6.07, 6.45) is 2.73. The number of anilines is 1. The molecule has 0 spiro atoms. The Hall–Kier alpha value is -2.13. The van der Waals surface area contributed by atoms with Crippen molar-refractivity contribution in [2.24, 2.45) is 0 Å². The molecule has 2 nitrogen and oxygen atoms in total. The van der Waals surface area contributed by atoms with Crippen molar-refractivity contribution in [1.82, 2.24) is 0 Å². The summed E-state index contributed by atoms with van der Waals surface area (Å²) in [5.41, 5.74) is 1.91. The largest absolute Gasteiger partial charge is 0.322 e. The standard InChI is InChI=1S/C16H13ClFNO/c1-11-6-8-13(17)10-15(11)19-16(20)9-7-12-4-2-3-5-14(12)18/h2-10H,1H3,(H,19,20)/b9-7+. The van der Waals surface area contributed by atoms with Gasteiger partial charge in [-0.15, -0.1) is 0 Å². The fourth-order valence-electron chi connectivity index (χ4n) is 1.68. The fourth-order valence-corrected chi connectivity index (χ4v) is 1.85. The van der Waals surface area contributed by atoms with E-state index in [0.29, 0.717) is 16.3 Å². The highest BCUT2D eigenvalue weighted by atomic mass is 35.5. The van der Waals surface area contributed by atoms with Crippen LogP contribution in [0.5, 0.6) is 0 Å². The first kappa shape index (κ1) is 14.3. The predicted octanol–water partition coefficient (Wildman–Crippen LogP) is 4.44. The third-order valence-corrected chi connectivity index (χ3v) is 3.01. The molecule has 0 atom stereocenters. The Bertz CT molecular complexity index is 667. The van der Waals surface area contributed by atoms with Gasteiger partial charge in [0.05, 0.1) is 0 Å². The van der Waals surface area contributed by atoms with Crippen LogP contribution in [0.4, 0.5) is 10.1 Å². The number of benzene rings is 2. The Morgan fingerprint density at radius 1 is 1.25 bits per heavy atom. The highest BCUT2D eigenvalue weighted by Crippen LogP contribution is 2.20. The van der Waals surface area contributed by atoms with Crippen molar-refractivity contribution in [2.75, 3.05) is 5.32 Å². The van der Waals surface area contributed by atoms with Gasteiger partial charge < -0.3 is 5.32 Å². The molecule has 2 aromatic carbocycles. The molecule has 1 N–H and O–H groups in total. The first-order valence-electron chi connectivity index (χ1n) is 6.06. The van der Waals surface area contributed by atoms with E-state index in [1.807, 2.05) is 13.0 Å². The molecule has 0 fully saturated rings. The van der Waals surface area contributed by atoms with Crippen LogP contribution in [0.3, 0.4) is 0 Å². The normalized spacial score (nSPS) is 10.8. The Kier molecular flexibility index (Phi) is 4.53. The molecule has 20 heavy (non-hydrogen) atoms. The second-order valence-electron chi connectivity index (χ2n) is 4.30. The van der Waals surface area contributed by atoms with Gasteiger partial charge in [0.25, 0.3) is 0 Å². The summed E-state index contributed by atoms with van der Waals surface area (Å²) in [5, 5.41) is 3.25. The maximum Gasteiger partial charge on any atom is 0.248 e. The van der Waals surface area contributed by atoms with E-state index < -0.39 is 0 Å². The van der Waals surface area contributed by atoms with Gasteiger partial charge in [-0.25, -0.2) is 4.39 Å². The lowest BCUT2D eigenvalue weighted by atomic mass is 10.2. The van der Waals surface area contributed by atoms with Crippen molar-refractivity contribution in [1.29, 1.82) is 0 Å². The number of hydrogen-bond donors (Lipinski definition) is 1. The molecule has 0 radical (unpaired) electrons. The number of nitrogens with one attached hydrogen (secondary N) is 1. The molecule has 0 aliphatic rings. The highest BCUT2D eigenvalue weighted by Gasteiger charge is 2.03. The van der Waals surface area contributed by atoms with E-state index in [1.54, 1.807) is 30.3 Å². The molecular formula is C16H13ClFNO. The van der Waals surface area contributed by atoms with Gasteiger partial charge in [-0.3, -0.25) is 4.79 Å². The summed E-state index contributed by atoms with van der Waals surface area (Å²) in [6.45, 7) is 1.87. The summed E-state index contributed by atoms with van der Waals surface area (Å²) in [6, 6.07) is 11.5. The molecule has 2 aromatic rings.